The van der Waals surface area contributed by atoms with Gasteiger partial charge in [-0.15, -0.1) is 11.3 Å². The molecule has 2 aromatic heterocycles. The van der Waals surface area contributed by atoms with E-state index in [0.29, 0.717) is 28.3 Å². The van der Waals surface area contributed by atoms with Crippen LogP contribution in [0.3, 0.4) is 0 Å². The first-order valence-electron chi connectivity index (χ1n) is 8.73. The van der Waals surface area contributed by atoms with Crippen LogP contribution in [-0.4, -0.2) is 9.55 Å². The highest BCUT2D eigenvalue weighted by atomic mass is 35.5. The average Bonchev–Trinajstić information content (AvgIpc) is 3.02. The molecular formula is C22H16ClN3OS. The summed E-state index contributed by atoms with van der Waals surface area (Å²) >= 11 is 7.55. The largest absolute Gasteiger partial charge is 0.292 e. The molecule has 0 saturated heterocycles. The van der Waals surface area contributed by atoms with Gasteiger partial charge in [-0.25, -0.2) is 4.98 Å². The molecule has 138 valence electrons. The van der Waals surface area contributed by atoms with E-state index in [9.17, 15) is 4.79 Å². The van der Waals surface area contributed by atoms with E-state index in [1.165, 1.54) is 11.3 Å². The van der Waals surface area contributed by atoms with E-state index in [-0.39, 0.29) is 5.56 Å². The monoisotopic (exact) mass is 405 g/mol. The Kier molecular flexibility index (Phi) is 4.76. The predicted molar refractivity (Wildman–Crippen MR) is 114 cm³/mol. The molecule has 0 N–H and O–H groups in total. The first-order chi connectivity index (χ1) is 13.5. The van der Waals surface area contributed by atoms with E-state index in [1.54, 1.807) is 16.7 Å². The molecule has 28 heavy (non-hydrogen) atoms. The Morgan fingerprint density at radius 3 is 2.64 bits per heavy atom. The van der Waals surface area contributed by atoms with Crippen LogP contribution in [0.15, 0.2) is 53.3 Å². The third-order valence-electron chi connectivity index (χ3n) is 4.71. The second-order valence-electron chi connectivity index (χ2n) is 6.58. The Hall–Kier alpha value is -2.94. The van der Waals surface area contributed by atoms with Gasteiger partial charge in [-0.05, 0) is 49.2 Å². The van der Waals surface area contributed by atoms with Gasteiger partial charge >= 0.3 is 0 Å². The molecule has 4 nitrogen and oxygen atoms in total. The van der Waals surface area contributed by atoms with E-state index in [4.69, 9.17) is 21.8 Å². The number of aromatic nitrogens is 2. The van der Waals surface area contributed by atoms with Crippen LogP contribution < -0.4 is 5.56 Å². The minimum absolute atomic E-state index is 0.0702. The summed E-state index contributed by atoms with van der Waals surface area (Å²) in [7, 11) is 0. The fraction of sp³-hybridized carbons (Fsp3) is 0.136. The molecule has 2 aromatic carbocycles. The van der Waals surface area contributed by atoms with Crippen LogP contribution >= 0.6 is 22.9 Å². The van der Waals surface area contributed by atoms with Gasteiger partial charge in [0.15, 0.2) is 0 Å². The minimum Gasteiger partial charge on any atom is -0.292 e. The topological polar surface area (TPSA) is 58.7 Å². The molecule has 0 spiro atoms. The predicted octanol–water partition coefficient (Wildman–Crippen LogP) is 5.32. The lowest BCUT2D eigenvalue weighted by Crippen LogP contribution is -2.24. The molecule has 0 aliphatic rings. The zero-order valence-electron chi connectivity index (χ0n) is 15.4. The Morgan fingerprint density at radius 2 is 1.93 bits per heavy atom. The van der Waals surface area contributed by atoms with Crippen LogP contribution in [0.2, 0.25) is 5.02 Å². The Bertz CT molecular complexity index is 1300. The molecule has 4 aromatic rings. The van der Waals surface area contributed by atoms with Crippen molar-refractivity contribution in [3.05, 3.63) is 85.7 Å². The average molecular weight is 406 g/mol. The van der Waals surface area contributed by atoms with Crippen LogP contribution in [0, 0.1) is 25.2 Å². The number of fused-ring (bicyclic) bond motifs is 1. The van der Waals surface area contributed by atoms with Crippen LogP contribution in [0.5, 0.6) is 0 Å². The molecule has 0 aliphatic heterocycles. The van der Waals surface area contributed by atoms with Crippen LogP contribution in [-0.2, 0) is 6.54 Å². The van der Waals surface area contributed by atoms with Crippen molar-refractivity contribution in [2.24, 2.45) is 0 Å². The number of nitrogens with zero attached hydrogens (tertiary/aromatic N) is 3. The molecule has 0 atom stereocenters. The number of nitriles is 1. The van der Waals surface area contributed by atoms with Crippen molar-refractivity contribution in [1.82, 2.24) is 9.55 Å². The summed E-state index contributed by atoms with van der Waals surface area (Å²) in [6.07, 6.45) is 0. The van der Waals surface area contributed by atoms with Crippen molar-refractivity contribution < 1.29 is 0 Å². The van der Waals surface area contributed by atoms with Crippen molar-refractivity contribution in [2.45, 2.75) is 20.4 Å². The zero-order valence-corrected chi connectivity index (χ0v) is 16.9. The Labute approximate surface area is 171 Å². The van der Waals surface area contributed by atoms with E-state index >= 15 is 0 Å². The van der Waals surface area contributed by atoms with E-state index in [1.807, 2.05) is 50.2 Å². The van der Waals surface area contributed by atoms with Crippen molar-refractivity contribution >= 4 is 33.2 Å². The zero-order chi connectivity index (χ0) is 19.8. The summed E-state index contributed by atoms with van der Waals surface area (Å²) in [4.78, 5) is 19.9. The number of halogens is 1. The summed E-state index contributed by atoms with van der Waals surface area (Å²) in [5.41, 5.74) is 3.26. The van der Waals surface area contributed by atoms with Gasteiger partial charge in [0.25, 0.3) is 5.56 Å². The van der Waals surface area contributed by atoms with E-state index in [0.717, 1.165) is 26.4 Å². The number of benzene rings is 2. The molecule has 0 fully saturated rings. The lowest BCUT2D eigenvalue weighted by molar-refractivity contribution is 0.714. The standard InChI is InChI=1S/C22H16ClN3OS/c1-13-19(17-6-8-18(23)9-7-17)20-21(28-13)25-14(2)26(22(20)27)12-16-5-3-4-15(10-16)11-24/h3-10H,12H2,1-2H3. The van der Waals surface area contributed by atoms with Gasteiger partial charge < -0.3 is 0 Å². The molecule has 4 rings (SSSR count). The quantitative estimate of drug-likeness (QED) is 0.463. The third kappa shape index (κ3) is 3.22. The molecule has 0 bridgehead atoms. The first kappa shape index (κ1) is 18.4. The second kappa shape index (κ2) is 7.23. The first-order valence-corrected chi connectivity index (χ1v) is 9.93. The van der Waals surface area contributed by atoms with E-state index < -0.39 is 0 Å². The highest BCUT2D eigenvalue weighted by molar-refractivity contribution is 7.19. The maximum Gasteiger partial charge on any atom is 0.263 e. The Morgan fingerprint density at radius 1 is 1.18 bits per heavy atom. The fourth-order valence-corrected chi connectivity index (χ4v) is 4.58. The second-order valence-corrected chi connectivity index (χ2v) is 8.22. The van der Waals surface area contributed by atoms with Crippen molar-refractivity contribution in [2.75, 3.05) is 0 Å². The molecular weight excluding hydrogens is 390 g/mol. The SMILES string of the molecule is Cc1sc2nc(C)n(Cc3cccc(C#N)c3)c(=O)c2c1-c1ccc(Cl)cc1. The summed E-state index contributed by atoms with van der Waals surface area (Å²) in [6.45, 7) is 4.22. The van der Waals surface area contributed by atoms with Crippen LogP contribution in [0.4, 0.5) is 0 Å². The molecule has 2 heterocycles. The lowest BCUT2D eigenvalue weighted by Gasteiger charge is -2.11. The van der Waals surface area contributed by atoms with Gasteiger partial charge in [0.2, 0.25) is 0 Å². The van der Waals surface area contributed by atoms with Gasteiger partial charge in [-0.3, -0.25) is 9.36 Å². The van der Waals surface area contributed by atoms with Gasteiger partial charge in [-0.1, -0.05) is 35.9 Å². The number of thiophene rings is 1. The third-order valence-corrected chi connectivity index (χ3v) is 5.96. The van der Waals surface area contributed by atoms with Crippen LogP contribution in [0.25, 0.3) is 21.3 Å². The Balaban J connectivity index is 1.91. The molecule has 0 radical (unpaired) electrons. The number of aryl methyl sites for hydroxylation is 2. The van der Waals surface area contributed by atoms with Crippen molar-refractivity contribution in [3.63, 3.8) is 0 Å². The number of hydrogen-bond acceptors (Lipinski definition) is 4. The summed E-state index contributed by atoms with van der Waals surface area (Å²) < 4.78 is 1.67. The number of hydrogen-bond donors (Lipinski definition) is 0. The smallest absolute Gasteiger partial charge is 0.263 e. The summed E-state index contributed by atoms with van der Waals surface area (Å²) in [6, 6.07) is 16.9. The molecule has 0 saturated carbocycles. The van der Waals surface area contributed by atoms with E-state index in [2.05, 4.69) is 6.07 Å². The molecule has 0 aliphatic carbocycles. The van der Waals surface area contributed by atoms with Gasteiger partial charge in [-0.2, -0.15) is 5.26 Å². The minimum atomic E-state index is -0.0702. The maximum atomic E-state index is 13.4. The summed E-state index contributed by atoms with van der Waals surface area (Å²) in [5.74, 6) is 0.656. The van der Waals surface area contributed by atoms with Crippen LogP contribution in [0.1, 0.15) is 21.8 Å². The highest BCUT2D eigenvalue weighted by Gasteiger charge is 2.18. The summed E-state index contributed by atoms with van der Waals surface area (Å²) in [5, 5.41) is 10.4. The van der Waals surface area contributed by atoms with Crippen molar-refractivity contribution in [3.8, 4) is 17.2 Å². The molecule has 0 unspecified atom stereocenters. The van der Waals surface area contributed by atoms with Gasteiger partial charge in [0.05, 0.1) is 23.6 Å². The molecule has 0 amide bonds. The maximum absolute atomic E-state index is 13.4. The van der Waals surface area contributed by atoms with Gasteiger partial charge in [0, 0.05) is 15.5 Å². The lowest BCUT2D eigenvalue weighted by atomic mass is 10.0. The fourth-order valence-electron chi connectivity index (χ4n) is 3.37. The highest BCUT2D eigenvalue weighted by Crippen LogP contribution is 2.36. The van der Waals surface area contributed by atoms with Crippen molar-refractivity contribution in [1.29, 1.82) is 5.26 Å². The van der Waals surface area contributed by atoms with Gasteiger partial charge in [0.1, 0.15) is 10.7 Å². The normalized spacial score (nSPS) is 10.9. The number of rotatable bonds is 3. The molecule has 6 heteroatoms.